The van der Waals surface area contributed by atoms with Gasteiger partial charge in [0.2, 0.25) is 0 Å². The van der Waals surface area contributed by atoms with Crippen LogP contribution in [0.2, 0.25) is 0 Å². The summed E-state index contributed by atoms with van der Waals surface area (Å²) in [5.41, 5.74) is 2.00. The summed E-state index contributed by atoms with van der Waals surface area (Å²) < 4.78 is 21.5. The molecule has 1 aliphatic heterocycles. The van der Waals surface area contributed by atoms with Crippen LogP contribution in [0.25, 0.3) is 0 Å². The average Bonchev–Trinajstić information content (AvgIpc) is 3.45. The molecule has 0 fully saturated rings. The standard InChI is InChI=1S/C22H22FN5O3/c1-24-22(30)17-10-15(21(29)25-7-8-28-12-26-27-13-28)9-16-19(14-5-3-2-4-6-14)18(11-23)31-20(16)17/h2-6,9-10,12-13,18-19H,7-8,11H2,1H3,(H,24,30)(H,25,29)/t18-,19+/m0/s1. The van der Waals surface area contributed by atoms with E-state index in [1.165, 1.54) is 13.1 Å². The van der Waals surface area contributed by atoms with Gasteiger partial charge in [-0.15, -0.1) is 10.2 Å². The van der Waals surface area contributed by atoms with Gasteiger partial charge < -0.3 is 19.9 Å². The molecule has 160 valence electrons. The molecule has 0 aliphatic carbocycles. The SMILES string of the molecule is CNC(=O)c1cc(C(=O)NCCn2cnnc2)cc2c1O[C@@H](CF)[C@@H]2c1ccccc1. The quantitative estimate of drug-likeness (QED) is 0.605. The van der Waals surface area contributed by atoms with Gasteiger partial charge in [-0.05, 0) is 17.7 Å². The topological polar surface area (TPSA) is 98.1 Å². The van der Waals surface area contributed by atoms with Gasteiger partial charge in [0, 0.05) is 31.3 Å². The van der Waals surface area contributed by atoms with Crippen molar-refractivity contribution in [3.05, 3.63) is 77.4 Å². The van der Waals surface area contributed by atoms with E-state index in [0.29, 0.717) is 30.0 Å². The molecule has 9 heteroatoms. The number of hydrogen-bond acceptors (Lipinski definition) is 5. The van der Waals surface area contributed by atoms with Crippen molar-refractivity contribution in [3.63, 3.8) is 0 Å². The molecule has 3 aromatic rings. The van der Waals surface area contributed by atoms with E-state index in [2.05, 4.69) is 20.8 Å². The fraction of sp³-hybridized carbons (Fsp3) is 0.273. The van der Waals surface area contributed by atoms with E-state index in [1.807, 2.05) is 30.3 Å². The van der Waals surface area contributed by atoms with Crippen LogP contribution < -0.4 is 15.4 Å². The van der Waals surface area contributed by atoms with Gasteiger partial charge in [0.15, 0.2) is 0 Å². The Hall–Kier alpha value is -3.75. The molecule has 0 radical (unpaired) electrons. The molecule has 4 rings (SSSR count). The van der Waals surface area contributed by atoms with Gasteiger partial charge in [-0.3, -0.25) is 9.59 Å². The summed E-state index contributed by atoms with van der Waals surface area (Å²) in [5.74, 6) is -0.843. The zero-order valence-corrected chi connectivity index (χ0v) is 16.9. The second-order valence-corrected chi connectivity index (χ2v) is 7.18. The molecule has 0 bridgehead atoms. The number of nitrogens with one attached hydrogen (secondary N) is 2. The summed E-state index contributed by atoms with van der Waals surface area (Å²) in [6, 6.07) is 12.5. The Balaban J connectivity index is 1.68. The fourth-order valence-corrected chi connectivity index (χ4v) is 3.78. The maximum Gasteiger partial charge on any atom is 0.254 e. The van der Waals surface area contributed by atoms with Gasteiger partial charge in [0.25, 0.3) is 11.8 Å². The monoisotopic (exact) mass is 423 g/mol. The number of halogens is 1. The van der Waals surface area contributed by atoms with Crippen LogP contribution in [-0.2, 0) is 6.54 Å². The molecular weight excluding hydrogens is 401 g/mol. The molecule has 0 unspecified atom stereocenters. The van der Waals surface area contributed by atoms with E-state index in [0.717, 1.165) is 5.56 Å². The number of hydrogen-bond donors (Lipinski definition) is 2. The summed E-state index contributed by atoms with van der Waals surface area (Å²) in [6.07, 6.45) is 2.35. The number of ether oxygens (including phenoxy) is 1. The maximum absolute atomic E-state index is 13.9. The number of carbonyl (C=O) groups is 2. The van der Waals surface area contributed by atoms with Crippen molar-refractivity contribution >= 4 is 11.8 Å². The third-order valence-electron chi connectivity index (χ3n) is 5.26. The van der Waals surface area contributed by atoms with Gasteiger partial charge in [-0.1, -0.05) is 30.3 Å². The first-order valence-electron chi connectivity index (χ1n) is 9.90. The minimum absolute atomic E-state index is 0.209. The second-order valence-electron chi connectivity index (χ2n) is 7.18. The molecule has 2 amide bonds. The van der Waals surface area contributed by atoms with Crippen molar-refractivity contribution in [3.8, 4) is 5.75 Å². The molecule has 0 spiro atoms. The number of alkyl halides is 1. The number of aromatic nitrogens is 3. The van der Waals surface area contributed by atoms with Crippen LogP contribution >= 0.6 is 0 Å². The number of amides is 2. The molecule has 8 nitrogen and oxygen atoms in total. The highest BCUT2D eigenvalue weighted by atomic mass is 19.1. The van der Waals surface area contributed by atoms with Gasteiger partial charge >= 0.3 is 0 Å². The van der Waals surface area contributed by atoms with E-state index in [1.54, 1.807) is 23.3 Å². The molecule has 2 atom stereocenters. The smallest absolute Gasteiger partial charge is 0.254 e. The van der Waals surface area contributed by atoms with Gasteiger partial charge in [0.1, 0.15) is 31.2 Å². The summed E-state index contributed by atoms with van der Waals surface area (Å²) in [7, 11) is 1.50. The Morgan fingerprint density at radius 3 is 2.55 bits per heavy atom. The first kappa shape index (κ1) is 20.5. The first-order chi connectivity index (χ1) is 15.1. The summed E-state index contributed by atoms with van der Waals surface area (Å²) in [5, 5.41) is 12.8. The Bertz CT molecular complexity index is 1070. The molecule has 1 aliphatic rings. The normalized spacial score (nSPS) is 17.0. The maximum atomic E-state index is 13.9. The number of carbonyl (C=O) groups excluding carboxylic acids is 2. The highest BCUT2D eigenvalue weighted by Crippen LogP contribution is 2.45. The molecule has 0 saturated heterocycles. The van der Waals surface area contributed by atoms with Gasteiger partial charge in [0.05, 0.1) is 11.5 Å². The summed E-state index contributed by atoms with van der Waals surface area (Å²) in [6.45, 7) is 0.141. The largest absolute Gasteiger partial charge is 0.486 e. The first-order valence-corrected chi connectivity index (χ1v) is 9.90. The molecule has 1 aromatic heterocycles. The van der Waals surface area contributed by atoms with E-state index in [4.69, 9.17) is 4.74 Å². The number of rotatable bonds is 7. The zero-order valence-electron chi connectivity index (χ0n) is 16.9. The van der Waals surface area contributed by atoms with Crippen molar-refractivity contribution < 1.29 is 18.7 Å². The minimum atomic E-state index is -0.771. The minimum Gasteiger partial charge on any atom is -0.486 e. The lowest BCUT2D eigenvalue weighted by atomic mass is 9.86. The molecule has 2 N–H and O–H groups in total. The number of benzene rings is 2. The summed E-state index contributed by atoms with van der Waals surface area (Å²) in [4.78, 5) is 25.4. The van der Waals surface area contributed by atoms with Gasteiger partial charge in [-0.25, -0.2) is 4.39 Å². The third kappa shape index (κ3) is 4.11. The van der Waals surface area contributed by atoms with Gasteiger partial charge in [-0.2, -0.15) is 0 Å². The van der Waals surface area contributed by atoms with Crippen molar-refractivity contribution in [1.82, 2.24) is 25.4 Å². The van der Waals surface area contributed by atoms with Crippen molar-refractivity contribution in [1.29, 1.82) is 0 Å². The van der Waals surface area contributed by atoms with E-state index in [9.17, 15) is 14.0 Å². The summed E-state index contributed by atoms with van der Waals surface area (Å²) >= 11 is 0. The number of fused-ring (bicyclic) bond motifs is 1. The molecule has 31 heavy (non-hydrogen) atoms. The van der Waals surface area contributed by atoms with Crippen molar-refractivity contribution in [2.45, 2.75) is 18.6 Å². The fourth-order valence-electron chi connectivity index (χ4n) is 3.78. The van der Waals surface area contributed by atoms with Crippen LogP contribution in [0.5, 0.6) is 5.75 Å². The van der Waals surface area contributed by atoms with E-state index < -0.39 is 24.6 Å². The Kier molecular flexibility index (Phi) is 5.92. The van der Waals surface area contributed by atoms with Crippen LogP contribution in [-0.4, -0.2) is 52.9 Å². The van der Waals surface area contributed by atoms with E-state index >= 15 is 0 Å². The predicted molar refractivity (Wildman–Crippen MR) is 111 cm³/mol. The second kappa shape index (κ2) is 8.95. The molecular formula is C22H22FN5O3. The highest BCUT2D eigenvalue weighted by molar-refractivity contribution is 6.02. The average molecular weight is 423 g/mol. The molecule has 2 aromatic carbocycles. The lowest BCUT2D eigenvalue weighted by Crippen LogP contribution is -2.28. The van der Waals surface area contributed by atoms with Crippen LogP contribution in [0, 0.1) is 0 Å². The third-order valence-corrected chi connectivity index (χ3v) is 5.26. The Labute approximate surface area is 178 Å². The Morgan fingerprint density at radius 2 is 1.87 bits per heavy atom. The van der Waals surface area contributed by atoms with Crippen LogP contribution in [0.4, 0.5) is 4.39 Å². The number of nitrogens with zero attached hydrogens (tertiary/aromatic N) is 3. The zero-order chi connectivity index (χ0) is 21.8. The van der Waals surface area contributed by atoms with Crippen molar-refractivity contribution in [2.24, 2.45) is 0 Å². The van der Waals surface area contributed by atoms with Crippen LogP contribution in [0.3, 0.4) is 0 Å². The molecule has 0 saturated carbocycles. The highest BCUT2D eigenvalue weighted by Gasteiger charge is 2.39. The predicted octanol–water partition coefficient (Wildman–Crippen LogP) is 1.93. The molecule has 2 heterocycles. The van der Waals surface area contributed by atoms with Crippen molar-refractivity contribution in [2.75, 3.05) is 20.3 Å². The lowest BCUT2D eigenvalue weighted by molar-refractivity contribution is 0.0952. The van der Waals surface area contributed by atoms with Crippen LogP contribution in [0.1, 0.15) is 37.8 Å². The van der Waals surface area contributed by atoms with Crippen LogP contribution in [0.15, 0.2) is 55.1 Å². The lowest BCUT2D eigenvalue weighted by Gasteiger charge is -2.16. The Morgan fingerprint density at radius 1 is 1.13 bits per heavy atom. The van der Waals surface area contributed by atoms with E-state index in [-0.39, 0.29) is 11.5 Å².